The number of carbonyl (C=O) groups excluding carboxylic acids is 1. The number of hydrogen-bond donors (Lipinski definition) is 1. The molecule has 2 aromatic rings. The SMILES string of the molecule is CCc1ccc(CCNc2ccc(C(=O)OC)nn2)cc1. The first-order valence-corrected chi connectivity index (χ1v) is 6.96. The van der Waals surface area contributed by atoms with E-state index in [2.05, 4.69) is 51.4 Å². The molecule has 110 valence electrons. The first kappa shape index (κ1) is 15.0. The first-order valence-electron chi connectivity index (χ1n) is 6.96. The van der Waals surface area contributed by atoms with Gasteiger partial charge in [-0.25, -0.2) is 4.79 Å². The predicted molar refractivity (Wildman–Crippen MR) is 81.4 cm³/mol. The van der Waals surface area contributed by atoms with Gasteiger partial charge in [-0.1, -0.05) is 31.2 Å². The molecule has 0 spiro atoms. The van der Waals surface area contributed by atoms with Gasteiger partial charge >= 0.3 is 5.97 Å². The standard InChI is InChI=1S/C16H19N3O2/c1-3-12-4-6-13(7-5-12)10-11-17-15-9-8-14(18-19-15)16(20)21-2/h4-9H,3,10-11H2,1-2H3,(H,17,19). The lowest BCUT2D eigenvalue weighted by Gasteiger charge is -2.06. The molecule has 0 radical (unpaired) electrons. The molecule has 1 aromatic carbocycles. The molecule has 0 saturated carbocycles. The molecular formula is C16H19N3O2. The molecule has 0 saturated heterocycles. The van der Waals surface area contributed by atoms with Gasteiger partial charge in [0.2, 0.25) is 0 Å². The molecule has 0 fully saturated rings. The Morgan fingerprint density at radius 2 is 1.81 bits per heavy atom. The van der Waals surface area contributed by atoms with E-state index in [1.165, 1.54) is 18.2 Å². The molecule has 1 N–H and O–H groups in total. The molecule has 0 bridgehead atoms. The number of methoxy groups -OCH3 is 1. The van der Waals surface area contributed by atoms with Crippen LogP contribution in [0, 0.1) is 0 Å². The van der Waals surface area contributed by atoms with Crippen LogP contribution >= 0.6 is 0 Å². The Hall–Kier alpha value is -2.43. The maximum absolute atomic E-state index is 11.2. The van der Waals surface area contributed by atoms with Crippen molar-refractivity contribution in [1.29, 1.82) is 0 Å². The minimum Gasteiger partial charge on any atom is -0.464 e. The highest BCUT2D eigenvalue weighted by Gasteiger charge is 2.07. The number of esters is 1. The second kappa shape index (κ2) is 7.38. The summed E-state index contributed by atoms with van der Waals surface area (Å²) in [5, 5.41) is 10.9. The van der Waals surface area contributed by atoms with Crippen molar-refractivity contribution in [2.45, 2.75) is 19.8 Å². The highest BCUT2D eigenvalue weighted by molar-refractivity contribution is 5.86. The van der Waals surface area contributed by atoms with Crippen LogP contribution in [0.25, 0.3) is 0 Å². The van der Waals surface area contributed by atoms with Crippen LogP contribution < -0.4 is 5.32 Å². The third kappa shape index (κ3) is 4.27. The molecule has 0 amide bonds. The zero-order chi connectivity index (χ0) is 15.1. The highest BCUT2D eigenvalue weighted by Crippen LogP contribution is 2.07. The summed E-state index contributed by atoms with van der Waals surface area (Å²) in [7, 11) is 1.32. The number of aromatic nitrogens is 2. The van der Waals surface area contributed by atoms with Crippen molar-refractivity contribution in [3.63, 3.8) is 0 Å². The average Bonchev–Trinajstić information content (AvgIpc) is 2.55. The molecule has 0 aliphatic carbocycles. The molecule has 21 heavy (non-hydrogen) atoms. The van der Waals surface area contributed by atoms with E-state index in [9.17, 15) is 4.79 Å². The summed E-state index contributed by atoms with van der Waals surface area (Å²) in [4.78, 5) is 11.2. The van der Waals surface area contributed by atoms with E-state index in [-0.39, 0.29) is 5.69 Å². The van der Waals surface area contributed by atoms with Gasteiger partial charge in [0.1, 0.15) is 5.82 Å². The minimum absolute atomic E-state index is 0.207. The number of nitrogens with one attached hydrogen (secondary N) is 1. The number of nitrogens with zero attached hydrogens (tertiary/aromatic N) is 2. The van der Waals surface area contributed by atoms with Gasteiger partial charge < -0.3 is 10.1 Å². The molecule has 1 aromatic heterocycles. The molecule has 0 unspecified atom stereocenters. The molecule has 0 aliphatic rings. The Labute approximate surface area is 124 Å². The number of ether oxygens (including phenoxy) is 1. The quantitative estimate of drug-likeness (QED) is 0.826. The summed E-state index contributed by atoms with van der Waals surface area (Å²) in [5.74, 6) is 0.165. The Morgan fingerprint density at radius 1 is 1.10 bits per heavy atom. The van der Waals surface area contributed by atoms with Crippen LogP contribution in [0.15, 0.2) is 36.4 Å². The highest BCUT2D eigenvalue weighted by atomic mass is 16.5. The van der Waals surface area contributed by atoms with E-state index >= 15 is 0 Å². The largest absolute Gasteiger partial charge is 0.464 e. The number of carbonyl (C=O) groups is 1. The predicted octanol–water partition coefficient (Wildman–Crippen LogP) is 2.48. The Balaban J connectivity index is 1.83. The van der Waals surface area contributed by atoms with Crippen LogP contribution in [0.2, 0.25) is 0 Å². The van der Waals surface area contributed by atoms with Crippen molar-refractivity contribution in [3.05, 3.63) is 53.2 Å². The van der Waals surface area contributed by atoms with Crippen LogP contribution in [0.1, 0.15) is 28.5 Å². The van der Waals surface area contributed by atoms with Crippen LogP contribution in [0.4, 0.5) is 5.82 Å². The number of aryl methyl sites for hydroxylation is 1. The van der Waals surface area contributed by atoms with Crippen LogP contribution in [-0.2, 0) is 17.6 Å². The monoisotopic (exact) mass is 285 g/mol. The fourth-order valence-corrected chi connectivity index (χ4v) is 1.92. The number of anilines is 1. The van der Waals surface area contributed by atoms with E-state index in [0.717, 1.165) is 19.4 Å². The van der Waals surface area contributed by atoms with Gasteiger partial charge in [0.15, 0.2) is 5.69 Å². The summed E-state index contributed by atoms with van der Waals surface area (Å²) >= 11 is 0. The van der Waals surface area contributed by atoms with Gasteiger partial charge in [0, 0.05) is 6.54 Å². The molecule has 2 rings (SSSR count). The summed E-state index contributed by atoms with van der Waals surface area (Å²) in [6.07, 6.45) is 1.96. The maximum Gasteiger partial charge on any atom is 0.358 e. The Kier molecular flexibility index (Phi) is 5.26. The Bertz CT molecular complexity index is 579. The van der Waals surface area contributed by atoms with Crippen molar-refractivity contribution < 1.29 is 9.53 Å². The van der Waals surface area contributed by atoms with Gasteiger partial charge in [-0.3, -0.25) is 0 Å². The topological polar surface area (TPSA) is 64.1 Å². The third-order valence-electron chi connectivity index (χ3n) is 3.21. The normalized spacial score (nSPS) is 10.2. The van der Waals surface area contributed by atoms with Gasteiger partial charge in [0.05, 0.1) is 7.11 Å². The third-order valence-corrected chi connectivity index (χ3v) is 3.21. The van der Waals surface area contributed by atoms with Crippen molar-refractivity contribution in [1.82, 2.24) is 10.2 Å². The van der Waals surface area contributed by atoms with E-state index in [0.29, 0.717) is 5.82 Å². The van der Waals surface area contributed by atoms with E-state index in [4.69, 9.17) is 0 Å². The zero-order valence-electron chi connectivity index (χ0n) is 12.3. The number of hydrogen-bond acceptors (Lipinski definition) is 5. The minimum atomic E-state index is -0.481. The lowest BCUT2D eigenvalue weighted by Crippen LogP contribution is -2.10. The van der Waals surface area contributed by atoms with Crippen molar-refractivity contribution >= 4 is 11.8 Å². The van der Waals surface area contributed by atoms with Crippen LogP contribution in [0.3, 0.4) is 0 Å². The summed E-state index contributed by atoms with van der Waals surface area (Å²) in [6, 6.07) is 11.9. The maximum atomic E-state index is 11.2. The van der Waals surface area contributed by atoms with Crippen molar-refractivity contribution in [2.24, 2.45) is 0 Å². The second-order valence-corrected chi connectivity index (χ2v) is 4.64. The summed E-state index contributed by atoms with van der Waals surface area (Å²) < 4.78 is 4.57. The summed E-state index contributed by atoms with van der Waals surface area (Å²) in [5.41, 5.74) is 2.83. The van der Waals surface area contributed by atoms with Crippen LogP contribution in [-0.4, -0.2) is 29.8 Å². The molecule has 5 heteroatoms. The molecule has 5 nitrogen and oxygen atoms in total. The van der Waals surface area contributed by atoms with Gasteiger partial charge in [-0.05, 0) is 36.1 Å². The Morgan fingerprint density at radius 3 is 2.38 bits per heavy atom. The number of benzene rings is 1. The molecule has 1 heterocycles. The lowest BCUT2D eigenvalue weighted by atomic mass is 10.1. The molecule has 0 atom stereocenters. The smallest absolute Gasteiger partial charge is 0.358 e. The zero-order valence-corrected chi connectivity index (χ0v) is 12.3. The fourth-order valence-electron chi connectivity index (χ4n) is 1.92. The van der Waals surface area contributed by atoms with E-state index in [1.54, 1.807) is 12.1 Å². The van der Waals surface area contributed by atoms with Crippen molar-refractivity contribution in [3.8, 4) is 0 Å². The van der Waals surface area contributed by atoms with E-state index < -0.39 is 5.97 Å². The van der Waals surface area contributed by atoms with Gasteiger partial charge in [0.25, 0.3) is 0 Å². The van der Waals surface area contributed by atoms with Crippen LogP contribution in [0.5, 0.6) is 0 Å². The van der Waals surface area contributed by atoms with Crippen molar-refractivity contribution in [2.75, 3.05) is 19.0 Å². The lowest BCUT2D eigenvalue weighted by molar-refractivity contribution is 0.0593. The fraction of sp³-hybridized carbons (Fsp3) is 0.312. The molecular weight excluding hydrogens is 266 g/mol. The van der Waals surface area contributed by atoms with E-state index in [1.807, 2.05) is 0 Å². The molecule has 0 aliphatic heterocycles. The average molecular weight is 285 g/mol. The first-order chi connectivity index (χ1) is 10.2. The number of rotatable bonds is 6. The van der Waals surface area contributed by atoms with Gasteiger partial charge in [-0.2, -0.15) is 0 Å². The second-order valence-electron chi connectivity index (χ2n) is 4.64. The van der Waals surface area contributed by atoms with Gasteiger partial charge in [-0.15, -0.1) is 10.2 Å². The summed E-state index contributed by atoms with van der Waals surface area (Å²) in [6.45, 7) is 2.91.